The molecular weight excluding hydrogens is 231 g/mol. The Kier molecular flexibility index (Phi) is 2.22. The summed E-state index contributed by atoms with van der Waals surface area (Å²) in [6.07, 6.45) is 3.15. The lowest BCUT2D eigenvalue weighted by molar-refractivity contribution is -0.122. The number of nitrogens with two attached hydrogens (primary N) is 1. The Hall–Kier alpha value is -1.58. The van der Waals surface area contributed by atoms with Crippen molar-refractivity contribution in [2.24, 2.45) is 0 Å². The fourth-order valence-corrected chi connectivity index (χ4v) is 2.90. The lowest BCUT2D eigenvalue weighted by Gasteiger charge is -2.35. The summed E-state index contributed by atoms with van der Waals surface area (Å²) in [4.78, 5) is 14.3. The molecule has 1 amide bonds. The van der Waals surface area contributed by atoms with Crippen LogP contribution in [0, 0.1) is 5.82 Å². The highest BCUT2D eigenvalue weighted by atomic mass is 19.1. The van der Waals surface area contributed by atoms with E-state index in [4.69, 9.17) is 5.73 Å². The molecule has 0 radical (unpaired) electrons. The van der Waals surface area contributed by atoms with Crippen molar-refractivity contribution < 1.29 is 9.18 Å². The predicted molar refractivity (Wildman–Crippen MR) is 69.0 cm³/mol. The number of carbonyl (C=O) groups excluding carboxylic acids is 1. The topological polar surface area (TPSA) is 46.3 Å². The van der Waals surface area contributed by atoms with Crippen molar-refractivity contribution in [3.05, 3.63) is 23.5 Å². The van der Waals surface area contributed by atoms with Gasteiger partial charge in [0, 0.05) is 11.6 Å². The van der Waals surface area contributed by atoms with Crippen LogP contribution in [0.25, 0.3) is 0 Å². The first kappa shape index (κ1) is 11.5. The van der Waals surface area contributed by atoms with E-state index in [1.165, 1.54) is 0 Å². The average Bonchev–Trinajstić information content (AvgIpc) is 2.43. The molecular formula is C14H17FN2O. The number of nitrogens with zero attached hydrogens (tertiary/aromatic N) is 1. The van der Waals surface area contributed by atoms with Gasteiger partial charge < -0.3 is 10.6 Å². The van der Waals surface area contributed by atoms with Gasteiger partial charge in [-0.15, -0.1) is 0 Å². The van der Waals surface area contributed by atoms with Crippen LogP contribution >= 0.6 is 0 Å². The Labute approximate surface area is 106 Å². The summed E-state index contributed by atoms with van der Waals surface area (Å²) in [6, 6.07) is 3.56. The SMILES string of the molecule is CC1(C)C(=O)N(C2CCC2)c2ccc(N)c(F)c21. The standard InChI is InChI=1S/C14H17FN2O/c1-14(2)11-10(7-6-9(16)12(11)15)17(13(14)18)8-4-3-5-8/h6-8H,3-5,16H2,1-2H3. The fraction of sp³-hybridized carbons (Fsp3) is 0.500. The molecule has 96 valence electrons. The number of anilines is 2. The number of halogens is 1. The van der Waals surface area contributed by atoms with Crippen molar-refractivity contribution in [2.75, 3.05) is 10.6 Å². The van der Waals surface area contributed by atoms with Crippen LogP contribution in [0.2, 0.25) is 0 Å². The maximum atomic E-state index is 14.2. The fourth-order valence-electron chi connectivity index (χ4n) is 2.90. The number of hydrogen-bond donors (Lipinski definition) is 1. The van der Waals surface area contributed by atoms with Gasteiger partial charge in [-0.25, -0.2) is 4.39 Å². The first-order valence-corrected chi connectivity index (χ1v) is 6.36. The predicted octanol–water partition coefficient (Wildman–Crippen LogP) is 2.58. The zero-order valence-corrected chi connectivity index (χ0v) is 10.7. The summed E-state index contributed by atoms with van der Waals surface area (Å²) in [5.74, 6) is -0.445. The van der Waals surface area contributed by atoms with E-state index in [-0.39, 0.29) is 17.6 Å². The molecule has 1 aromatic rings. The zero-order chi connectivity index (χ0) is 13.1. The van der Waals surface area contributed by atoms with Crippen molar-refractivity contribution in [1.29, 1.82) is 0 Å². The molecule has 0 unspecified atom stereocenters. The van der Waals surface area contributed by atoms with Crippen LogP contribution < -0.4 is 10.6 Å². The minimum absolute atomic E-state index is 0.00769. The summed E-state index contributed by atoms with van der Waals surface area (Å²) >= 11 is 0. The first-order chi connectivity index (χ1) is 8.44. The van der Waals surface area contributed by atoms with Crippen LogP contribution in [-0.4, -0.2) is 11.9 Å². The second kappa shape index (κ2) is 3.46. The molecule has 1 saturated carbocycles. The molecule has 18 heavy (non-hydrogen) atoms. The number of carbonyl (C=O) groups is 1. The number of nitrogen functional groups attached to an aromatic ring is 1. The van der Waals surface area contributed by atoms with E-state index < -0.39 is 11.2 Å². The Morgan fingerprint density at radius 2 is 2.06 bits per heavy atom. The third-order valence-corrected chi connectivity index (χ3v) is 4.23. The maximum absolute atomic E-state index is 14.2. The molecule has 1 fully saturated rings. The monoisotopic (exact) mass is 248 g/mol. The summed E-state index contributed by atoms with van der Waals surface area (Å²) in [5.41, 5.74) is 6.09. The van der Waals surface area contributed by atoms with Gasteiger partial charge >= 0.3 is 0 Å². The zero-order valence-electron chi connectivity index (χ0n) is 10.7. The van der Waals surface area contributed by atoms with E-state index in [0.717, 1.165) is 19.3 Å². The van der Waals surface area contributed by atoms with Gasteiger partial charge in [0.05, 0.1) is 16.8 Å². The van der Waals surface area contributed by atoms with Gasteiger partial charge in [-0.1, -0.05) is 0 Å². The second-order valence-corrected chi connectivity index (χ2v) is 5.75. The Morgan fingerprint density at radius 3 is 2.61 bits per heavy atom. The number of rotatable bonds is 1. The summed E-state index contributed by atoms with van der Waals surface area (Å²) in [7, 11) is 0. The molecule has 1 aliphatic heterocycles. The van der Waals surface area contributed by atoms with Crippen LogP contribution in [0.4, 0.5) is 15.8 Å². The highest BCUT2D eigenvalue weighted by Gasteiger charge is 2.49. The van der Waals surface area contributed by atoms with Crippen molar-refractivity contribution in [2.45, 2.75) is 44.6 Å². The van der Waals surface area contributed by atoms with Crippen LogP contribution in [0.1, 0.15) is 38.7 Å². The van der Waals surface area contributed by atoms with Gasteiger partial charge in [-0.05, 0) is 45.2 Å². The Bertz CT molecular complexity index is 535. The molecule has 2 aliphatic rings. The highest BCUT2D eigenvalue weighted by molar-refractivity contribution is 6.08. The van der Waals surface area contributed by atoms with E-state index in [0.29, 0.717) is 11.3 Å². The first-order valence-electron chi connectivity index (χ1n) is 6.36. The number of benzene rings is 1. The van der Waals surface area contributed by atoms with Gasteiger partial charge in [-0.2, -0.15) is 0 Å². The molecule has 0 spiro atoms. The number of fused-ring (bicyclic) bond motifs is 1. The van der Waals surface area contributed by atoms with Gasteiger partial charge in [0.2, 0.25) is 5.91 Å². The average molecular weight is 248 g/mol. The van der Waals surface area contributed by atoms with Gasteiger partial charge in [0.25, 0.3) is 0 Å². The van der Waals surface area contributed by atoms with Crippen molar-refractivity contribution >= 4 is 17.3 Å². The molecule has 2 N–H and O–H groups in total. The molecule has 0 saturated heterocycles. The molecule has 1 aliphatic carbocycles. The van der Waals surface area contributed by atoms with Crippen LogP contribution in [0.15, 0.2) is 12.1 Å². The van der Waals surface area contributed by atoms with Crippen LogP contribution in [-0.2, 0) is 10.2 Å². The van der Waals surface area contributed by atoms with Gasteiger partial charge in [-0.3, -0.25) is 4.79 Å². The van der Waals surface area contributed by atoms with Gasteiger partial charge in [0.15, 0.2) is 5.82 Å². The molecule has 0 aromatic heterocycles. The maximum Gasteiger partial charge on any atom is 0.237 e. The third-order valence-electron chi connectivity index (χ3n) is 4.23. The second-order valence-electron chi connectivity index (χ2n) is 5.75. The highest BCUT2D eigenvalue weighted by Crippen LogP contribution is 2.47. The molecule has 1 heterocycles. The van der Waals surface area contributed by atoms with Crippen LogP contribution in [0.3, 0.4) is 0 Å². The van der Waals surface area contributed by atoms with E-state index in [1.807, 2.05) is 0 Å². The minimum atomic E-state index is -0.815. The molecule has 4 heteroatoms. The quantitative estimate of drug-likeness (QED) is 0.776. The summed E-state index contributed by atoms with van der Waals surface area (Å²) in [6.45, 7) is 3.55. The molecule has 0 atom stereocenters. The summed E-state index contributed by atoms with van der Waals surface area (Å²) in [5, 5.41) is 0. The largest absolute Gasteiger partial charge is 0.396 e. The van der Waals surface area contributed by atoms with Crippen molar-refractivity contribution in [3.8, 4) is 0 Å². The van der Waals surface area contributed by atoms with E-state index >= 15 is 0 Å². The van der Waals surface area contributed by atoms with Gasteiger partial charge in [0.1, 0.15) is 0 Å². The molecule has 1 aromatic carbocycles. The molecule has 0 bridgehead atoms. The third kappa shape index (κ3) is 1.26. The number of hydrogen-bond acceptors (Lipinski definition) is 2. The van der Waals surface area contributed by atoms with Crippen molar-refractivity contribution in [3.63, 3.8) is 0 Å². The normalized spacial score (nSPS) is 21.9. The molecule has 3 nitrogen and oxygen atoms in total. The Balaban J connectivity index is 2.20. The number of amides is 1. The lowest BCUT2D eigenvalue weighted by Crippen LogP contribution is -2.46. The smallest absolute Gasteiger partial charge is 0.237 e. The minimum Gasteiger partial charge on any atom is -0.396 e. The van der Waals surface area contributed by atoms with E-state index in [1.54, 1.807) is 30.9 Å². The molecule has 3 rings (SSSR count). The van der Waals surface area contributed by atoms with Crippen molar-refractivity contribution in [1.82, 2.24) is 0 Å². The van der Waals surface area contributed by atoms with E-state index in [2.05, 4.69) is 0 Å². The van der Waals surface area contributed by atoms with E-state index in [9.17, 15) is 9.18 Å². The summed E-state index contributed by atoms with van der Waals surface area (Å²) < 4.78 is 14.2. The van der Waals surface area contributed by atoms with Crippen LogP contribution in [0.5, 0.6) is 0 Å². The Morgan fingerprint density at radius 1 is 1.39 bits per heavy atom. The lowest BCUT2D eigenvalue weighted by atomic mass is 9.85.